The molecule has 2 rings (SSSR count). The highest BCUT2D eigenvalue weighted by Crippen LogP contribution is 2.17. The van der Waals surface area contributed by atoms with Crippen LogP contribution in [0.4, 0.5) is 5.13 Å². The third-order valence-corrected chi connectivity index (χ3v) is 4.96. The van der Waals surface area contributed by atoms with Crippen LogP contribution in [0, 0.1) is 6.92 Å². The van der Waals surface area contributed by atoms with Crippen LogP contribution in [0.5, 0.6) is 0 Å². The van der Waals surface area contributed by atoms with Crippen molar-refractivity contribution in [2.45, 2.75) is 19.2 Å². The Kier molecular flexibility index (Phi) is 4.74. The van der Waals surface area contributed by atoms with Crippen LogP contribution >= 0.6 is 11.3 Å². The number of thiazole rings is 1. The van der Waals surface area contributed by atoms with Gasteiger partial charge in [0.15, 0.2) is 5.13 Å². The molecule has 7 heteroatoms. The molecule has 0 bridgehead atoms. The van der Waals surface area contributed by atoms with Gasteiger partial charge >= 0.3 is 0 Å². The Hall–Kier alpha value is -1.44. The van der Waals surface area contributed by atoms with E-state index in [4.69, 9.17) is 0 Å². The van der Waals surface area contributed by atoms with Gasteiger partial charge in [-0.3, -0.25) is 0 Å². The van der Waals surface area contributed by atoms with Crippen molar-refractivity contribution < 1.29 is 8.42 Å². The van der Waals surface area contributed by atoms with Crippen molar-refractivity contribution in [1.29, 1.82) is 0 Å². The fraction of sp³-hybridized carbons (Fsp3) is 0.308. The molecule has 2 N–H and O–H groups in total. The number of aromatic nitrogens is 1. The predicted octanol–water partition coefficient (Wildman–Crippen LogP) is 2.11. The summed E-state index contributed by atoms with van der Waals surface area (Å²) in [6.45, 7) is 2.69. The number of hydrogen-bond donors (Lipinski definition) is 2. The second kappa shape index (κ2) is 6.34. The molecule has 0 aliphatic heterocycles. The fourth-order valence-corrected chi connectivity index (χ4v) is 3.09. The summed E-state index contributed by atoms with van der Waals surface area (Å²) >= 11 is 1.61. The molecule has 5 nitrogen and oxygen atoms in total. The summed E-state index contributed by atoms with van der Waals surface area (Å²) in [4.78, 5) is 5.39. The van der Waals surface area contributed by atoms with Gasteiger partial charge in [0.2, 0.25) is 10.0 Å². The zero-order valence-corrected chi connectivity index (χ0v) is 13.0. The maximum absolute atomic E-state index is 11.4. The average Bonchev–Trinajstić information content (AvgIpc) is 2.83. The molecule has 1 heterocycles. The number of benzene rings is 1. The van der Waals surface area contributed by atoms with Gasteiger partial charge in [-0.15, -0.1) is 11.3 Å². The zero-order chi connectivity index (χ0) is 14.6. The minimum atomic E-state index is -3.21. The van der Waals surface area contributed by atoms with E-state index in [2.05, 4.69) is 15.0 Å². The fourth-order valence-electron chi connectivity index (χ4n) is 1.66. The number of aryl methyl sites for hydroxylation is 1. The molecular weight excluding hydrogens is 294 g/mol. The van der Waals surface area contributed by atoms with Gasteiger partial charge in [-0.2, -0.15) is 0 Å². The van der Waals surface area contributed by atoms with Crippen LogP contribution in [0.15, 0.2) is 30.5 Å². The van der Waals surface area contributed by atoms with E-state index in [1.807, 2.05) is 37.4 Å². The highest BCUT2D eigenvalue weighted by Gasteiger charge is 2.08. The molecule has 0 aliphatic rings. The molecule has 0 atom stereocenters. The number of sulfonamides is 1. The van der Waals surface area contributed by atoms with Gasteiger partial charge in [0.05, 0.1) is 5.75 Å². The normalized spacial score (nSPS) is 11.5. The van der Waals surface area contributed by atoms with Gasteiger partial charge in [-0.1, -0.05) is 24.3 Å². The minimum absolute atomic E-state index is 0.00286. The molecule has 2 aromatic rings. The number of anilines is 1. The summed E-state index contributed by atoms with van der Waals surface area (Å²) in [5.41, 5.74) is 1.86. The van der Waals surface area contributed by atoms with Gasteiger partial charge in [-0.05, 0) is 25.1 Å². The lowest BCUT2D eigenvalue weighted by atomic mass is 10.1. The molecule has 0 unspecified atom stereocenters. The molecular formula is C13H17N3O2S2. The molecule has 108 valence electrons. The molecule has 0 saturated carbocycles. The van der Waals surface area contributed by atoms with Crippen molar-refractivity contribution in [3.63, 3.8) is 0 Å². The monoisotopic (exact) mass is 311 g/mol. The van der Waals surface area contributed by atoms with Crippen molar-refractivity contribution in [2.24, 2.45) is 0 Å². The standard InChI is InChI=1S/C13H17N3O2S2/c1-10-7-15-13(19-10)16-8-11-3-5-12(6-4-11)9-20(17,18)14-2/h3-7,14H,8-9H2,1-2H3,(H,15,16). The molecule has 0 spiro atoms. The third kappa shape index (κ3) is 4.29. The Morgan fingerprint density at radius 3 is 2.40 bits per heavy atom. The Labute approximate surface area is 123 Å². The maximum Gasteiger partial charge on any atom is 0.215 e. The van der Waals surface area contributed by atoms with E-state index in [-0.39, 0.29) is 5.75 Å². The predicted molar refractivity (Wildman–Crippen MR) is 82.3 cm³/mol. The smallest absolute Gasteiger partial charge is 0.215 e. The Balaban J connectivity index is 1.94. The first-order valence-corrected chi connectivity index (χ1v) is 8.61. The molecule has 0 fully saturated rings. The molecule has 1 aromatic heterocycles. The van der Waals surface area contributed by atoms with E-state index in [9.17, 15) is 8.42 Å². The highest BCUT2D eigenvalue weighted by atomic mass is 32.2. The van der Waals surface area contributed by atoms with Crippen molar-refractivity contribution in [2.75, 3.05) is 12.4 Å². The van der Waals surface area contributed by atoms with Crippen molar-refractivity contribution >= 4 is 26.5 Å². The first kappa shape index (κ1) is 15.0. The quantitative estimate of drug-likeness (QED) is 0.857. The van der Waals surface area contributed by atoms with Gasteiger partial charge in [0.1, 0.15) is 0 Å². The molecule has 0 saturated heterocycles. The Morgan fingerprint density at radius 1 is 1.20 bits per heavy atom. The van der Waals surface area contributed by atoms with Crippen LogP contribution < -0.4 is 10.0 Å². The maximum atomic E-state index is 11.4. The Morgan fingerprint density at radius 2 is 1.85 bits per heavy atom. The number of rotatable bonds is 6. The molecule has 1 aromatic carbocycles. The van der Waals surface area contributed by atoms with E-state index in [1.54, 1.807) is 11.3 Å². The highest BCUT2D eigenvalue weighted by molar-refractivity contribution is 7.88. The van der Waals surface area contributed by atoms with E-state index in [1.165, 1.54) is 11.9 Å². The van der Waals surface area contributed by atoms with Crippen LogP contribution in [0.1, 0.15) is 16.0 Å². The molecule has 0 aliphatic carbocycles. The first-order chi connectivity index (χ1) is 9.48. The summed E-state index contributed by atoms with van der Waals surface area (Å²) in [7, 11) is -1.79. The van der Waals surface area contributed by atoms with Crippen LogP contribution in [0.25, 0.3) is 0 Å². The van der Waals surface area contributed by atoms with Crippen LogP contribution in [0.2, 0.25) is 0 Å². The Bertz CT molecular complexity index is 663. The van der Waals surface area contributed by atoms with Crippen molar-refractivity contribution in [3.8, 4) is 0 Å². The van der Waals surface area contributed by atoms with Gasteiger partial charge in [-0.25, -0.2) is 18.1 Å². The van der Waals surface area contributed by atoms with E-state index in [0.29, 0.717) is 6.54 Å². The topological polar surface area (TPSA) is 71.1 Å². The summed E-state index contributed by atoms with van der Waals surface area (Å²) in [6.07, 6.45) is 1.83. The summed E-state index contributed by atoms with van der Waals surface area (Å²) in [5.74, 6) is 0.00286. The SMILES string of the molecule is CNS(=O)(=O)Cc1ccc(CNc2ncc(C)s2)cc1. The van der Waals surface area contributed by atoms with E-state index in [0.717, 1.165) is 16.3 Å². The van der Waals surface area contributed by atoms with E-state index < -0.39 is 10.0 Å². The lowest BCUT2D eigenvalue weighted by Crippen LogP contribution is -2.20. The molecule has 0 radical (unpaired) electrons. The number of nitrogens with one attached hydrogen (secondary N) is 2. The van der Waals surface area contributed by atoms with Crippen LogP contribution in [-0.4, -0.2) is 20.4 Å². The van der Waals surface area contributed by atoms with Crippen molar-refractivity contribution in [3.05, 3.63) is 46.5 Å². The average molecular weight is 311 g/mol. The largest absolute Gasteiger partial charge is 0.357 e. The van der Waals surface area contributed by atoms with Gasteiger partial charge in [0.25, 0.3) is 0 Å². The summed E-state index contributed by atoms with van der Waals surface area (Å²) < 4.78 is 25.2. The van der Waals surface area contributed by atoms with Crippen molar-refractivity contribution in [1.82, 2.24) is 9.71 Å². The third-order valence-electron chi connectivity index (χ3n) is 2.76. The van der Waals surface area contributed by atoms with E-state index >= 15 is 0 Å². The lowest BCUT2D eigenvalue weighted by Gasteiger charge is -2.05. The first-order valence-electron chi connectivity index (χ1n) is 6.14. The minimum Gasteiger partial charge on any atom is -0.357 e. The second-order valence-corrected chi connectivity index (χ2v) is 7.57. The molecule has 20 heavy (non-hydrogen) atoms. The van der Waals surface area contributed by atoms with Gasteiger partial charge < -0.3 is 5.32 Å². The second-order valence-electron chi connectivity index (χ2n) is 4.41. The summed E-state index contributed by atoms with van der Waals surface area (Å²) in [5, 5.41) is 4.13. The van der Waals surface area contributed by atoms with Crippen LogP contribution in [-0.2, 0) is 22.3 Å². The number of hydrogen-bond acceptors (Lipinski definition) is 5. The van der Waals surface area contributed by atoms with Gasteiger partial charge in [0, 0.05) is 17.6 Å². The molecule has 0 amide bonds. The van der Waals surface area contributed by atoms with Crippen LogP contribution in [0.3, 0.4) is 0 Å². The lowest BCUT2D eigenvalue weighted by molar-refractivity contribution is 0.587. The zero-order valence-electron chi connectivity index (χ0n) is 11.4. The summed E-state index contributed by atoms with van der Waals surface area (Å²) in [6, 6.07) is 7.51. The number of nitrogens with zero attached hydrogens (tertiary/aromatic N) is 1.